The quantitative estimate of drug-likeness (QED) is 0.578. The maximum absolute atomic E-state index is 12.0. The zero-order valence-electron chi connectivity index (χ0n) is 16.3. The summed E-state index contributed by atoms with van der Waals surface area (Å²) in [5, 5.41) is 17.1. The summed E-state index contributed by atoms with van der Waals surface area (Å²) in [6.45, 7) is 3.91. The van der Waals surface area contributed by atoms with Gasteiger partial charge in [-0.3, -0.25) is 9.69 Å². The molecule has 0 unspecified atom stereocenters. The van der Waals surface area contributed by atoms with Crippen molar-refractivity contribution in [2.45, 2.75) is 45.3 Å². The molecule has 4 rings (SSSR count). The third-order valence-electron chi connectivity index (χ3n) is 5.14. The van der Waals surface area contributed by atoms with Crippen molar-refractivity contribution in [2.24, 2.45) is 0 Å². The van der Waals surface area contributed by atoms with E-state index in [0.717, 1.165) is 44.0 Å². The van der Waals surface area contributed by atoms with Crippen LogP contribution < -0.4 is 5.32 Å². The zero-order chi connectivity index (χ0) is 19.9. The fraction of sp³-hybridized carbons (Fsp3) is 0.450. The predicted molar refractivity (Wildman–Crippen MR) is 110 cm³/mol. The zero-order valence-corrected chi connectivity index (χ0v) is 17.1. The molecule has 2 aromatic heterocycles. The molecule has 1 aromatic carbocycles. The Bertz CT molecular complexity index is 925. The van der Waals surface area contributed by atoms with Crippen LogP contribution in [-0.4, -0.2) is 49.1 Å². The number of benzene rings is 1. The summed E-state index contributed by atoms with van der Waals surface area (Å²) in [5.41, 5.74) is 5.65. The summed E-state index contributed by atoms with van der Waals surface area (Å²) in [4.78, 5) is 18.6. The van der Waals surface area contributed by atoms with E-state index < -0.39 is 0 Å². The van der Waals surface area contributed by atoms with Crippen LogP contribution >= 0.6 is 11.3 Å². The van der Waals surface area contributed by atoms with Crippen LogP contribution in [0.3, 0.4) is 0 Å². The van der Waals surface area contributed by atoms with Crippen molar-refractivity contribution in [1.29, 1.82) is 0 Å². The monoisotopic (exact) mass is 411 g/mol. The Kier molecular flexibility index (Phi) is 6.58. The van der Waals surface area contributed by atoms with E-state index in [1.165, 1.54) is 11.1 Å². The molecule has 0 atom stereocenters. The number of carbonyl (C=O) groups is 1. The second kappa shape index (κ2) is 9.71. The number of aryl methyl sites for hydroxylation is 1. The highest BCUT2D eigenvalue weighted by Crippen LogP contribution is 2.19. The first-order valence-electron chi connectivity index (χ1n) is 9.96. The smallest absolute Gasteiger partial charge is 0.220 e. The molecule has 1 aliphatic rings. The maximum Gasteiger partial charge on any atom is 0.220 e. The number of carbonyl (C=O) groups excluding carboxylic acids is 1. The minimum Gasteiger partial charge on any atom is -0.356 e. The Morgan fingerprint density at radius 2 is 2.14 bits per heavy atom. The highest BCUT2D eigenvalue weighted by molar-refractivity contribution is 7.07. The predicted octanol–water partition coefficient (Wildman–Crippen LogP) is 1.83. The van der Waals surface area contributed by atoms with Crippen LogP contribution in [0.1, 0.15) is 35.5 Å². The number of nitrogens with one attached hydrogen (secondary N) is 1. The lowest BCUT2D eigenvalue weighted by molar-refractivity contribution is -0.121. The van der Waals surface area contributed by atoms with Crippen molar-refractivity contribution in [2.75, 3.05) is 13.1 Å². The average molecular weight is 412 g/mol. The number of fused-ring (bicyclic) bond motifs is 1. The molecule has 0 saturated heterocycles. The lowest BCUT2D eigenvalue weighted by Crippen LogP contribution is -2.31. The Morgan fingerprint density at radius 3 is 3.00 bits per heavy atom. The molecule has 0 aliphatic carbocycles. The van der Waals surface area contributed by atoms with Crippen molar-refractivity contribution in [3.8, 4) is 0 Å². The highest BCUT2D eigenvalue weighted by atomic mass is 32.1. The summed E-state index contributed by atoms with van der Waals surface area (Å²) in [6, 6.07) is 8.59. The van der Waals surface area contributed by atoms with Gasteiger partial charge >= 0.3 is 0 Å². The first-order valence-corrected chi connectivity index (χ1v) is 10.9. The van der Waals surface area contributed by atoms with Gasteiger partial charge in [0.2, 0.25) is 5.91 Å². The molecule has 1 aliphatic heterocycles. The fourth-order valence-electron chi connectivity index (χ4n) is 3.57. The van der Waals surface area contributed by atoms with Crippen molar-refractivity contribution >= 4 is 17.2 Å². The lowest BCUT2D eigenvalue weighted by Gasteiger charge is -2.28. The molecule has 3 aromatic rings. The number of amides is 1. The van der Waals surface area contributed by atoms with Crippen LogP contribution in [0.2, 0.25) is 0 Å². The van der Waals surface area contributed by atoms with E-state index >= 15 is 0 Å². The fourth-order valence-corrected chi connectivity index (χ4v) is 4.16. The Labute approximate surface area is 174 Å². The topological polar surface area (TPSA) is 88.8 Å². The molecule has 0 fully saturated rings. The second-order valence-corrected chi connectivity index (χ2v) is 7.95. The van der Waals surface area contributed by atoms with E-state index in [1.807, 2.05) is 15.6 Å². The van der Waals surface area contributed by atoms with Gasteiger partial charge in [0.1, 0.15) is 0 Å². The molecule has 152 valence electrons. The van der Waals surface area contributed by atoms with E-state index in [4.69, 9.17) is 0 Å². The van der Waals surface area contributed by atoms with Crippen molar-refractivity contribution < 1.29 is 4.79 Å². The van der Waals surface area contributed by atoms with Gasteiger partial charge in [-0.05, 0) is 34.4 Å². The second-order valence-electron chi connectivity index (χ2n) is 7.23. The van der Waals surface area contributed by atoms with E-state index in [2.05, 4.69) is 55.0 Å². The first-order chi connectivity index (χ1) is 14.3. The molecule has 8 nitrogen and oxygen atoms in total. The maximum atomic E-state index is 12.0. The van der Waals surface area contributed by atoms with Crippen LogP contribution in [-0.2, 0) is 37.3 Å². The van der Waals surface area contributed by atoms with Crippen LogP contribution in [0.25, 0.3) is 0 Å². The van der Waals surface area contributed by atoms with Crippen molar-refractivity contribution in [3.63, 3.8) is 0 Å². The summed E-state index contributed by atoms with van der Waals surface area (Å²) < 4.78 is 1.82. The van der Waals surface area contributed by atoms with E-state index in [-0.39, 0.29) is 5.91 Å². The third-order valence-corrected chi connectivity index (χ3v) is 5.78. The Balaban J connectivity index is 1.20. The largest absolute Gasteiger partial charge is 0.356 e. The number of aromatic nitrogens is 5. The van der Waals surface area contributed by atoms with Gasteiger partial charge in [-0.25, -0.2) is 9.67 Å². The van der Waals surface area contributed by atoms with E-state index in [1.54, 1.807) is 11.3 Å². The molecule has 0 radical (unpaired) electrons. The van der Waals surface area contributed by atoms with Gasteiger partial charge in [0, 0.05) is 44.4 Å². The first kappa shape index (κ1) is 19.7. The molecule has 1 amide bonds. The summed E-state index contributed by atoms with van der Waals surface area (Å²) in [6.07, 6.45) is 3.00. The van der Waals surface area contributed by atoms with E-state index in [9.17, 15) is 4.79 Å². The molecule has 3 heterocycles. The summed E-state index contributed by atoms with van der Waals surface area (Å²) in [7, 11) is 0. The average Bonchev–Trinajstić information content (AvgIpc) is 3.40. The molecule has 0 spiro atoms. The van der Waals surface area contributed by atoms with Gasteiger partial charge in [0.05, 0.1) is 17.7 Å². The molecule has 9 heteroatoms. The van der Waals surface area contributed by atoms with Crippen LogP contribution in [0.5, 0.6) is 0 Å². The molecule has 29 heavy (non-hydrogen) atoms. The van der Waals surface area contributed by atoms with Crippen molar-refractivity contribution in [3.05, 3.63) is 57.8 Å². The van der Waals surface area contributed by atoms with Crippen LogP contribution in [0, 0.1) is 0 Å². The summed E-state index contributed by atoms with van der Waals surface area (Å²) in [5.74, 6) is 0.913. The standard InChI is InChI=1S/C20H25N7OS/c28-20(21-9-7-18-14-29-15-22-18)6-3-10-27-19(23-24-25-27)13-26-11-8-16-4-1-2-5-17(16)12-26/h1-2,4-5,14-15H,3,6-13H2,(H,21,28). The van der Waals surface area contributed by atoms with Gasteiger partial charge in [-0.2, -0.15) is 0 Å². The summed E-state index contributed by atoms with van der Waals surface area (Å²) >= 11 is 1.57. The third kappa shape index (κ3) is 5.45. The van der Waals surface area contributed by atoms with Gasteiger partial charge in [-0.15, -0.1) is 16.4 Å². The van der Waals surface area contributed by atoms with Crippen LogP contribution in [0.4, 0.5) is 0 Å². The lowest BCUT2D eigenvalue weighted by atomic mass is 10.00. The van der Waals surface area contributed by atoms with Crippen LogP contribution in [0.15, 0.2) is 35.2 Å². The number of hydrogen-bond acceptors (Lipinski definition) is 7. The molecule has 0 bridgehead atoms. The number of hydrogen-bond donors (Lipinski definition) is 1. The van der Waals surface area contributed by atoms with Gasteiger partial charge in [0.25, 0.3) is 0 Å². The number of tetrazole rings is 1. The number of rotatable bonds is 9. The minimum atomic E-state index is 0.0579. The number of thiazole rings is 1. The van der Waals surface area contributed by atoms with Gasteiger partial charge < -0.3 is 5.32 Å². The van der Waals surface area contributed by atoms with E-state index in [0.29, 0.717) is 25.9 Å². The molecule has 0 saturated carbocycles. The van der Waals surface area contributed by atoms with Crippen molar-refractivity contribution in [1.82, 2.24) is 35.4 Å². The molecule has 1 N–H and O–H groups in total. The Hall–Kier alpha value is -2.65. The van der Waals surface area contributed by atoms with Gasteiger partial charge in [0.15, 0.2) is 5.82 Å². The normalized spacial score (nSPS) is 13.9. The SMILES string of the molecule is O=C(CCCn1nnnc1CN1CCc2ccccc2C1)NCCc1cscn1. The molecular weight excluding hydrogens is 386 g/mol. The highest BCUT2D eigenvalue weighted by Gasteiger charge is 2.18. The number of nitrogens with zero attached hydrogens (tertiary/aromatic N) is 6. The minimum absolute atomic E-state index is 0.0579. The Morgan fingerprint density at radius 1 is 1.24 bits per heavy atom. The van der Waals surface area contributed by atoms with Gasteiger partial charge in [-0.1, -0.05) is 24.3 Å². The molecular formula is C20H25N7OS.